The fourth-order valence-corrected chi connectivity index (χ4v) is 3.50. The van der Waals surface area contributed by atoms with Crippen molar-refractivity contribution in [1.82, 2.24) is 10.6 Å². The van der Waals surface area contributed by atoms with E-state index in [-0.39, 0.29) is 5.91 Å². The summed E-state index contributed by atoms with van der Waals surface area (Å²) in [4.78, 5) is 25.9. The fraction of sp³-hybridized carbons (Fsp3) is 0.182. The lowest BCUT2D eigenvalue weighted by molar-refractivity contribution is -0.123. The number of rotatable bonds is 7. The molecule has 1 aromatic heterocycles. The average Bonchev–Trinajstić information content (AvgIpc) is 3.25. The van der Waals surface area contributed by atoms with E-state index in [1.807, 2.05) is 30.3 Å². The highest BCUT2D eigenvalue weighted by atomic mass is 32.1. The van der Waals surface area contributed by atoms with E-state index >= 15 is 0 Å². The van der Waals surface area contributed by atoms with Gasteiger partial charge in [-0.25, -0.2) is 8.78 Å². The Labute approximate surface area is 171 Å². The maximum Gasteiger partial charge on any atom is 0.262 e. The molecule has 4 nitrogen and oxygen atoms in total. The first-order valence-electron chi connectivity index (χ1n) is 9.07. The molecule has 0 saturated carbocycles. The van der Waals surface area contributed by atoms with Crippen LogP contribution in [0.4, 0.5) is 8.78 Å². The maximum atomic E-state index is 13.5. The van der Waals surface area contributed by atoms with Crippen LogP contribution in [0.5, 0.6) is 0 Å². The largest absolute Gasteiger partial charge is 0.348 e. The normalized spacial score (nSPS) is 12.8. The Morgan fingerprint density at radius 2 is 1.72 bits per heavy atom. The van der Waals surface area contributed by atoms with Gasteiger partial charge in [0.15, 0.2) is 11.6 Å². The van der Waals surface area contributed by atoms with Gasteiger partial charge in [-0.15, -0.1) is 11.3 Å². The molecule has 0 saturated heterocycles. The van der Waals surface area contributed by atoms with Gasteiger partial charge in [-0.3, -0.25) is 9.59 Å². The summed E-state index contributed by atoms with van der Waals surface area (Å²) in [5.74, 6) is -2.67. The van der Waals surface area contributed by atoms with E-state index in [1.165, 1.54) is 17.4 Å². The number of benzene rings is 2. The molecule has 0 fully saturated rings. The molecule has 2 atom stereocenters. The van der Waals surface area contributed by atoms with Crippen molar-refractivity contribution in [1.29, 1.82) is 0 Å². The molecule has 3 rings (SSSR count). The van der Waals surface area contributed by atoms with E-state index in [0.29, 0.717) is 16.9 Å². The third-order valence-electron chi connectivity index (χ3n) is 4.45. The monoisotopic (exact) mass is 414 g/mol. The van der Waals surface area contributed by atoms with Gasteiger partial charge < -0.3 is 10.6 Å². The molecule has 1 heterocycles. The van der Waals surface area contributed by atoms with Gasteiger partial charge in [0.05, 0.1) is 10.9 Å². The smallest absolute Gasteiger partial charge is 0.262 e. The Balaban J connectivity index is 1.75. The zero-order valence-electron chi connectivity index (χ0n) is 15.7. The molecule has 2 amide bonds. The zero-order chi connectivity index (χ0) is 20.8. The van der Waals surface area contributed by atoms with Crippen LogP contribution in [0.1, 0.15) is 33.8 Å². The SMILES string of the molecule is CC(NC(=O)C(Cc1ccccc1)NC(=O)c1cccs1)c1ccc(F)c(F)c1. The number of halogens is 2. The van der Waals surface area contributed by atoms with Gasteiger partial charge in [0.2, 0.25) is 5.91 Å². The summed E-state index contributed by atoms with van der Waals surface area (Å²) in [5.41, 5.74) is 1.32. The van der Waals surface area contributed by atoms with Gasteiger partial charge in [-0.1, -0.05) is 42.5 Å². The molecule has 0 aliphatic rings. The van der Waals surface area contributed by atoms with Crippen LogP contribution >= 0.6 is 11.3 Å². The van der Waals surface area contributed by atoms with Crippen molar-refractivity contribution >= 4 is 23.2 Å². The second kappa shape index (κ2) is 9.43. The molecule has 0 aliphatic carbocycles. The van der Waals surface area contributed by atoms with Crippen molar-refractivity contribution in [3.63, 3.8) is 0 Å². The Bertz CT molecular complexity index is 978. The Morgan fingerprint density at radius 1 is 0.966 bits per heavy atom. The molecule has 2 unspecified atom stereocenters. The molecule has 0 radical (unpaired) electrons. The van der Waals surface area contributed by atoms with Crippen LogP contribution in [0.15, 0.2) is 66.0 Å². The van der Waals surface area contributed by atoms with E-state index in [4.69, 9.17) is 0 Å². The fourth-order valence-electron chi connectivity index (χ4n) is 2.88. The summed E-state index contributed by atoms with van der Waals surface area (Å²) in [6.07, 6.45) is 0.300. The van der Waals surface area contributed by atoms with Crippen LogP contribution in [0.3, 0.4) is 0 Å². The lowest BCUT2D eigenvalue weighted by atomic mass is 10.0. The first-order chi connectivity index (χ1) is 13.9. The minimum Gasteiger partial charge on any atom is -0.348 e. The van der Waals surface area contributed by atoms with Crippen LogP contribution in [-0.2, 0) is 11.2 Å². The third kappa shape index (κ3) is 5.48. The maximum absolute atomic E-state index is 13.5. The predicted octanol–water partition coefficient (Wildman–Crippen LogP) is 4.24. The topological polar surface area (TPSA) is 58.2 Å². The van der Waals surface area contributed by atoms with E-state index in [2.05, 4.69) is 10.6 Å². The molecule has 0 aliphatic heterocycles. The standard InChI is InChI=1S/C22H20F2N2O2S/c1-14(16-9-10-17(23)18(24)13-16)25-21(27)19(12-15-6-3-2-4-7-15)26-22(28)20-8-5-11-29-20/h2-11,13-14,19H,12H2,1H3,(H,25,27)(H,26,28). The Hall–Kier alpha value is -3.06. The summed E-state index contributed by atoms with van der Waals surface area (Å²) in [6.45, 7) is 1.67. The molecule has 2 aromatic carbocycles. The minimum atomic E-state index is -0.976. The van der Waals surface area contributed by atoms with Crippen molar-refractivity contribution < 1.29 is 18.4 Å². The van der Waals surface area contributed by atoms with Crippen LogP contribution < -0.4 is 10.6 Å². The Kier molecular flexibility index (Phi) is 6.72. The number of hydrogen-bond donors (Lipinski definition) is 2. The second-order valence-corrected chi connectivity index (χ2v) is 7.54. The van der Waals surface area contributed by atoms with Gasteiger partial charge in [0, 0.05) is 6.42 Å². The molecule has 0 spiro atoms. The van der Waals surface area contributed by atoms with E-state index in [9.17, 15) is 18.4 Å². The van der Waals surface area contributed by atoms with Crippen molar-refractivity contribution in [3.8, 4) is 0 Å². The highest BCUT2D eigenvalue weighted by molar-refractivity contribution is 7.12. The third-order valence-corrected chi connectivity index (χ3v) is 5.32. The van der Waals surface area contributed by atoms with Gasteiger partial charge in [-0.05, 0) is 41.6 Å². The molecule has 2 N–H and O–H groups in total. The molecule has 150 valence electrons. The van der Waals surface area contributed by atoms with Crippen molar-refractivity contribution in [3.05, 3.63) is 93.7 Å². The van der Waals surface area contributed by atoms with Crippen LogP contribution in [0.2, 0.25) is 0 Å². The number of thiophene rings is 1. The average molecular weight is 414 g/mol. The van der Waals surface area contributed by atoms with Gasteiger partial charge >= 0.3 is 0 Å². The molecule has 7 heteroatoms. The summed E-state index contributed by atoms with van der Waals surface area (Å²) in [7, 11) is 0. The van der Waals surface area contributed by atoms with Crippen LogP contribution in [0, 0.1) is 11.6 Å². The van der Waals surface area contributed by atoms with Gasteiger partial charge in [0.25, 0.3) is 5.91 Å². The molecule has 3 aromatic rings. The van der Waals surface area contributed by atoms with Crippen molar-refractivity contribution in [2.45, 2.75) is 25.4 Å². The summed E-state index contributed by atoms with van der Waals surface area (Å²) >= 11 is 1.28. The number of nitrogens with one attached hydrogen (secondary N) is 2. The van der Waals surface area contributed by atoms with Gasteiger partial charge in [-0.2, -0.15) is 0 Å². The van der Waals surface area contributed by atoms with Crippen LogP contribution in [0.25, 0.3) is 0 Å². The number of carbonyl (C=O) groups excluding carboxylic acids is 2. The molecular formula is C22H20F2N2O2S. The number of carbonyl (C=O) groups is 2. The Morgan fingerprint density at radius 3 is 2.38 bits per heavy atom. The van der Waals surface area contributed by atoms with Crippen molar-refractivity contribution in [2.24, 2.45) is 0 Å². The first-order valence-corrected chi connectivity index (χ1v) is 9.95. The van der Waals surface area contributed by atoms with E-state index < -0.39 is 29.6 Å². The lowest BCUT2D eigenvalue weighted by Crippen LogP contribution is -2.48. The summed E-state index contributed by atoms with van der Waals surface area (Å²) in [5, 5.41) is 7.33. The molecule has 29 heavy (non-hydrogen) atoms. The predicted molar refractivity (Wildman–Crippen MR) is 109 cm³/mol. The zero-order valence-corrected chi connectivity index (χ0v) is 16.5. The van der Waals surface area contributed by atoms with Gasteiger partial charge in [0.1, 0.15) is 6.04 Å². The number of hydrogen-bond acceptors (Lipinski definition) is 3. The highest BCUT2D eigenvalue weighted by Gasteiger charge is 2.24. The summed E-state index contributed by atoms with van der Waals surface area (Å²) in [6, 6.07) is 14.9. The lowest BCUT2D eigenvalue weighted by Gasteiger charge is -2.22. The van der Waals surface area contributed by atoms with E-state index in [0.717, 1.165) is 17.7 Å². The second-order valence-electron chi connectivity index (χ2n) is 6.60. The number of amides is 2. The quantitative estimate of drug-likeness (QED) is 0.607. The minimum absolute atomic E-state index is 0.300. The highest BCUT2D eigenvalue weighted by Crippen LogP contribution is 2.17. The van der Waals surface area contributed by atoms with E-state index in [1.54, 1.807) is 24.4 Å². The van der Waals surface area contributed by atoms with Crippen molar-refractivity contribution in [2.75, 3.05) is 0 Å². The summed E-state index contributed by atoms with van der Waals surface area (Å²) < 4.78 is 26.7. The first kappa shape index (κ1) is 20.7. The van der Waals surface area contributed by atoms with Crippen LogP contribution in [-0.4, -0.2) is 17.9 Å². The molecular weight excluding hydrogens is 394 g/mol. The molecule has 0 bridgehead atoms.